The van der Waals surface area contributed by atoms with Crippen molar-refractivity contribution >= 4 is 43.2 Å². The maximum Gasteiger partial charge on any atom is 0.0885 e. The summed E-state index contributed by atoms with van der Waals surface area (Å²) in [6.07, 6.45) is 12.3. The largest absolute Gasteiger partial charge is 0.261 e. The van der Waals surface area contributed by atoms with E-state index in [0.29, 0.717) is 0 Å². The molecule has 0 spiro atoms. The Labute approximate surface area is 252 Å². The number of rotatable bonds is 4. The van der Waals surface area contributed by atoms with E-state index in [1.807, 2.05) is 12.3 Å². The molecule has 0 bridgehead atoms. The van der Waals surface area contributed by atoms with Crippen molar-refractivity contribution in [1.29, 1.82) is 0 Å². The SMILES string of the molecule is c1cnc2ccc(-c3ccc4ccc5c(-c6cc(-c7cnccn7)cc(-c7cnccn7)c6)ccc6ccc3c4c65)cc2c1. The first-order valence-electron chi connectivity index (χ1n) is 14.5. The fourth-order valence-electron chi connectivity index (χ4n) is 6.52. The van der Waals surface area contributed by atoms with Crippen molar-refractivity contribution in [1.82, 2.24) is 24.9 Å². The zero-order chi connectivity index (χ0) is 29.0. The third-order valence-electron chi connectivity index (χ3n) is 8.54. The van der Waals surface area contributed by atoms with Gasteiger partial charge in [0.15, 0.2) is 0 Å². The fraction of sp³-hybridized carbons (Fsp3) is 0. The topological polar surface area (TPSA) is 64.5 Å². The predicted octanol–water partition coefficient (Wildman–Crippen LogP) is 9.38. The van der Waals surface area contributed by atoms with Gasteiger partial charge in [-0.3, -0.25) is 24.9 Å². The molecule has 0 unspecified atom stereocenters. The van der Waals surface area contributed by atoms with Crippen molar-refractivity contribution in [2.24, 2.45) is 0 Å². The molecule has 0 aliphatic rings. The molecule has 3 heterocycles. The first kappa shape index (κ1) is 24.5. The van der Waals surface area contributed by atoms with Crippen LogP contribution in [0.15, 0.2) is 140 Å². The molecule has 0 fully saturated rings. The van der Waals surface area contributed by atoms with E-state index in [2.05, 4.69) is 116 Å². The van der Waals surface area contributed by atoms with Crippen molar-refractivity contribution < 1.29 is 0 Å². The highest BCUT2D eigenvalue weighted by molar-refractivity contribution is 6.27. The third-order valence-corrected chi connectivity index (χ3v) is 8.54. The Morgan fingerprint density at radius 3 is 1.59 bits per heavy atom. The van der Waals surface area contributed by atoms with Gasteiger partial charge in [0.25, 0.3) is 0 Å². The highest BCUT2D eigenvalue weighted by Gasteiger charge is 2.17. The average Bonchev–Trinajstić information content (AvgIpc) is 3.10. The third kappa shape index (κ3) is 3.91. The molecule has 0 aliphatic heterocycles. The van der Waals surface area contributed by atoms with E-state index < -0.39 is 0 Å². The first-order chi connectivity index (χ1) is 21.8. The summed E-state index contributed by atoms with van der Waals surface area (Å²) in [6, 6.07) is 35.2. The summed E-state index contributed by atoms with van der Waals surface area (Å²) in [5.41, 5.74) is 9.25. The van der Waals surface area contributed by atoms with Gasteiger partial charge in [0.05, 0.1) is 29.3 Å². The van der Waals surface area contributed by atoms with E-state index in [9.17, 15) is 0 Å². The standard InChI is InChI=1S/C39H23N5/c1-2-27-18-26(7-12-35(27)42-13-1)31-8-3-24-6-11-34-32(9-4-25-5-10-33(31)38(24)39(25)34)28-19-29(36-22-40-14-16-43-36)21-30(20-28)37-23-41-15-17-44-37/h1-23H. The second-order valence-electron chi connectivity index (χ2n) is 11.0. The van der Waals surface area contributed by atoms with Gasteiger partial charge in [-0.2, -0.15) is 0 Å². The summed E-state index contributed by atoms with van der Waals surface area (Å²) >= 11 is 0. The minimum Gasteiger partial charge on any atom is -0.261 e. The summed E-state index contributed by atoms with van der Waals surface area (Å²) in [7, 11) is 0. The predicted molar refractivity (Wildman–Crippen MR) is 178 cm³/mol. The lowest BCUT2D eigenvalue weighted by Crippen LogP contribution is -1.92. The molecule has 5 nitrogen and oxygen atoms in total. The molecule has 0 saturated heterocycles. The molecular formula is C39H23N5. The molecule has 6 aromatic carbocycles. The molecular weight excluding hydrogens is 538 g/mol. The van der Waals surface area contributed by atoms with Crippen molar-refractivity contribution in [2.75, 3.05) is 0 Å². The van der Waals surface area contributed by atoms with Crippen LogP contribution in [0, 0.1) is 0 Å². The molecule has 0 atom stereocenters. The molecule has 0 saturated carbocycles. The quantitative estimate of drug-likeness (QED) is 0.200. The summed E-state index contributed by atoms with van der Waals surface area (Å²) in [5.74, 6) is 0. The van der Waals surface area contributed by atoms with E-state index in [4.69, 9.17) is 0 Å². The lowest BCUT2D eigenvalue weighted by Gasteiger charge is -2.17. The molecule has 9 rings (SSSR count). The van der Waals surface area contributed by atoms with Crippen LogP contribution < -0.4 is 0 Å². The van der Waals surface area contributed by atoms with Gasteiger partial charge >= 0.3 is 0 Å². The Balaban J connectivity index is 1.30. The minimum atomic E-state index is 0.812. The van der Waals surface area contributed by atoms with Crippen LogP contribution in [-0.4, -0.2) is 24.9 Å². The van der Waals surface area contributed by atoms with Crippen LogP contribution in [-0.2, 0) is 0 Å². The Morgan fingerprint density at radius 2 is 0.977 bits per heavy atom. The number of hydrogen-bond acceptors (Lipinski definition) is 5. The normalized spacial score (nSPS) is 11.6. The number of nitrogens with zero attached hydrogens (tertiary/aromatic N) is 5. The minimum absolute atomic E-state index is 0.812. The Bertz CT molecular complexity index is 2430. The van der Waals surface area contributed by atoms with E-state index >= 15 is 0 Å². The lowest BCUT2D eigenvalue weighted by atomic mass is 9.86. The smallest absolute Gasteiger partial charge is 0.0885 e. The Kier molecular flexibility index (Phi) is 5.43. The second kappa shape index (κ2) is 9.75. The molecule has 5 heteroatoms. The van der Waals surface area contributed by atoms with Gasteiger partial charge in [0, 0.05) is 47.5 Å². The van der Waals surface area contributed by atoms with Gasteiger partial charge in [0.1, 0.15) is 0 Å². The van der Waals surface area contributed by atoms with E-state index in [1.54, 1.807) is 37.2 Å². The Morgan fingerprint density at radius 1 is 0.386 bits per heavy atom. The summed E-state index contributed by atoms with van der Waals surface area (Å²) < 4.78 is 0. The summed E-state index contributed by atoms with van der Waals surface area (Å²) in [5, 5.41) is 8.60. The van der Waals surface area contributed by atoms with Crippen molar-refractivity contribution in [3.63, 3.8) is 0 Å². The van der Waals surface area contributed by atoms with Crippen LogP contribution >= 0.6 is 0 Å². The van der Waals surface area contributed by atoms with Gasteiger partial charge in [-0.15, -0.1) is 0 Å². The number of fused-ring (bicyclic) bond motifs is 1. The van der Waals surface area contributed by atoms with Crippen LogP contribution in [0.4, 0.5) is 0 Å². The number of pyridine rings is 1. The first-order valence-corrected chi connectivity index (χ1v) is 14.5. The molecule has 0 N–H and O–H groups in total. The fourth-order valence-corrected chi connectivity index (χ4v) is 6.52. The number of aromatic nitrogens is 5. The van der Waals surface area contributed by atoms with Crippen molar-refractivity contribution in [3.8, 4) is 44.8 Å². The van der Waals surface area contributed by atoms with Crippen LogP contribution in [0.1, 0.15) is 0 Å². The highest BCUT2D eigenvalue weighted by atomic mass is 14.8. The van der Waals surface area contributed by atoms with Gasteiger partial charge in [-0.1, -0.05) is 60.7 Å². The molecule has 0 aliphatic carbocycles. The van der Waals surface area contributed by atoms with E-state index in [0.717, 1.165) is 44.5 Å². The maximum absolute atomic E-state index is 4.60. The average molecular weight is 562 g/mol. The number of benzene rings is 6. The molecule has 44 heavy (non-hydrogen) atoms. The van der Waals surface area contributed by atoms with Crippen LogP contribution in [0.25, 0.3) is 88.0 Å². The second-order valence-corrected chi connectivity index (χ2v) is 11.0. The lowest BCUT2D eigenvalue weighted by molar-refractivity contribution is 1.20. The molecule has 0 amide bonds. The van der Waals surface area contributed by atoms with Gasteiger partial charge in [0.2, 0.25) is 0 Å². The van der Waals surface area contributed by atoms with E-state index in [-0.39, 0.29) is 0 Å². The molecule has 9 aromatic rings. The molecule has 204 valence electrons. The Hall–Kier alpha value is -6.07. The van der Waals surface area contributed by atoms with Crippen molar-refractivity contribution in [3.05, 3.63) is 140 Å². The molecule has 0 radical (unpaired) electrons. The van der Waals surface area contributed by atoms with E-state index in [1.165, 1.54) is 43.4 Å². The van der Waals surface area contributed by atoms with Crippen molar-refractivity contribution in [2.45, 2.75) is 0 Å². The zero-order valence-corrected chi connectivity index (χ0v) is 23.5. The zero-order valence-electron chi connectivity index (χ0n) is 23.5. The summed E-state index contributed by atoms with van der Waals surface area (Å²) in [6.45, 7) is 0. The highest BCUT2D eigenvalue weighted by Crippen LogP contribution is 2.43. The number of hydrogen-bond donors (Lipinski definition) is 0. The van der Waals surface area contributed by atoms with Crippen LogP contribution in [0.5, 0.6) is 0 Å². The van der Waals surface area contributed by atoms with Gasteiger partial charge < -0.3 is 0 Å². The molecule has 3 aromatic heterocycles. The van der Waals surface area contributed by atoms with Gasteiger partial charge in [-0.25, -0.2) is 0 Å². The monoisotopic (exact) mass is 561 g/mol. The maximum atomic E-state index is 4.60. The van der Waals surface area contributed by atoms with Crippen LogP contribution in [0.2, 0.25) is 0 Å². The van der Waals surface area contributed by atoms with Gasteiger partial charge in [-0.05, 0) is 91.0 Å². The van der Waals surface area contributed by atoms with Crippen LogP contribution in [0.3, 0.4) is 0 Å². The summed E-state index contributed by atoms with van der Waals surface area (Å²) in [4.78, 5) is 22.4.